The fourth-order valence-electron chi connectivity index (χ4n) is 3.36. The number of ether oxygens (including phenoxy) is 1. The van der Waals surface area contributed by atoms with Gasteiger partial charge in [0.25, 0.3) is 11.6 Å². The van der Waals surface area contributed by atoms with Crippen LogP contribution in [0.1, 0.15) is 22.8 Å². The van der Waals surface area contributed by atoms with Gasteiger partial charge in [-0.2, -0.15) is 0 Å². The normalized spacial score (nSPS) is 13.8. The lowest BCUT2D eigenvalue weighted by atomic mass is 10.1. The molecule has 0 atom stereocenters. The molecule has 1 aliphatic heterocycles. The fraction of sp³-hybridized carbons (Fsp3) is 0.261. The highest BCUT2D eigenvalue weighted by Gasteiger charge is 2.23. The first-order valence-corrected chi connectivity index (χ1v) is 10.2. The van der Waals surface area contributed by atoms with Crippen LogP contribution in [0.15, 0.2) is 48.5 Å². The summed E-state index contributed by atoms with van der Waals surface area (Å²) in [5.74, 6) is -1.84. The molecule has 1 heterocycles. The smallest absolute Gasteiger partial charge is 0.331 e. The second-order valence-corrected chi connectivity index (χ2v) is 7.38. The number of non-ortho nitro benzene ring substituents is 1. The number of hydrogen-bond acceptors (Lipinski definition) is 7. The molecule has 33 heavy (non-hydrogen) atoms. The topological polar surface area (TPSA) is 110 Å². The number of nitro groups is 1. The van der Waals surface area contributed by atoms with Gasteiger partial charge in [-0.3, -0.25) is 19.7 Å². The Morgan fingerprint density at radius 2 is 1.85 bits per heavy atom. The van der Waals surface area contributed by atoms with E-state index in [1.165, 1.54) is 42.2 Å². The summed E-state index contributed by atoms with van der Waals surface area (Å²) >= 11 is 0. The zero-order valence-electron chi connectivity index (χ0n) is 17.9. The molecule has 9 nitrogen and oxygen atoms in total. The quantitative estimate of drug-likeness (QED) is 0.208. The molecule has 1 amide bonds. The van der Waals surface area contributed by atoms with E-state index in [1.54, 1.807) is 23.1 Å². The summed E-state index contributed by atoms with van der Waals surface area (Å²) in [4.78, 5) is 49.2. The SMILES string of the molecule is CC(=O)c1ccc(N2CCN(C(=O)COC(=O)/C=C/c3cccc([N+](=O)[O-])c3)CC2)c(F)c1. The highest BCUT2D eigenvalue weighted by molar-refractivity contribution is 5.94. The number of rotatable bonds is 7. The zero-order valence-corrected chi connectivity index (χ0v) is 17.9. The van der Waals surface area contributed by atoms with Gasteiger partial charge in [-0.15, -0.1) is 0 Å². The molecule has 1 aliphatic rings. The number of nitrogens with zero attached hydrogens (tertiary/aromatic N) is 3. The van der Waals surface area contributed by atoms with Crippen LogP contribution >= 0.6 is 0 Å². The molecule has 2 aromatic rings. The lowest BCUT2D eigenvalue weighted by Crippen LogP contribution is -2.50. The number of carbonyl (C=O) groups is 3. The average molecular weight is 455 g/mol. The van der Waals surface area contributed by atoms with E-state index >= 15 is 0 Å². The Kier molecular flexibility index (Phi) is 7.50. The number of hydrogen-bond donors (Lipinski definition) is 0. The number of ketones is 1. The molecule has 1 fully saturated rings. The molecule has 0 unspecified atom stereocenters. The predicted molar refractivity (Wildman–Crippen MR) is 118 cm³/mol. The predicted octanol–water partition coefficient (Wildman–Crippen LogP) is 2.84. The number of carbonyl (C=O) groups excluding carboxylic acids is 3. The molecule has 0 aliphatic carbocycles. The van der Waals surface area contributed by atoms with Crippen LogP contribution in [0.3, 0.4) is 0 Å². The van der Waals surface area contributed by atoms with Crippen LogP contribution in [0, 0.1) is 15.9 Å². The van der Waals surface area contributed by atoms with Crippen LogP contribution in [-0.2, 0) is 14.3 Å². The van der Waals surface area contributed by atoms with Crippen LogP contribution in [0.25, 0.3) is 6.08 Å². The van der Waals surface area contributed by atoms with Gasteiger partial charge < -0.3 is 14.5 Å². The molecular weight excluding hydrogens is 433 g/mol. The van der Waals surface area contributed by atoms with Gasteiger partial charge in [0.15, 0.2) is 12.4 Å². The summed E-state index contributed by atoms with van der Waals surface area (Å²) in [5, 5.41) is 10.8. The van der Waals surface area contributed by atoms with Crippen molar-refractivity contribution in [3.05, 3.63) is 75.6 Å². The van der Waals surface area contributed by atoms with Crippen molar-refractivity contribution in [3.63, 3.8) is 0 Å². The Hall–Kier alpha value is -4.08. The van der Waals surface area contributed by atoms with Gasteiger partial charge in [-0.1, -0.05) is 12.1 Å². The number of anilines is 1. The maximum atomic E-state index is 14.3. The molecular formula is C23H22FN3O6. The summed E-state index contributed by atoms with van der Waals surface area (Å²) in [6.07, 6.45) is 2.46. The van der Waals surface area contributed by atoms with E-state index in [9.17, 15) is 28.9 Å². The maximum Gasteiger partial charge on any atom is 0.331 e. The molecule has 1 saturated heterocycles. The Morgan fingerprint density at radius 1 is 1.12 bits per heavy atom. The molecule has 0 saturated carbocycles. The van der Waals surface area contributed by atoms with E-state index < -0.39 is 23.3 Å². The van der Waals surface area contributed by atoms with Gasteiger partial charge in [0, 0.05) is 50.0 Å². The first-order chi connectivity index (χ1) is 15.7. The van der Waals surface area contributed by atoms with Gasteiger partial charge in [0.2, 0.25) is 0 Å². The molecule has 0 bridgehead atoms. The van der Waals surface area contributed by atoms with Crippen LogP contribution in [0.4, 0.5) is 15.8 Å². The maximum absolute atomic E-state index is 14.3. The Balaban J connectivity index is 1.47. The van der Waals surface area contributed by atoms with Gasteiger partial charge in [-0.05, 0) is 36.8 Å². The largest absolute Gasteiger partial charge is 0.452 e. The minimum absolute atomic E-state index is 0.102. The third-order valence-corrected chi connectivity index (χ3v) is 5.16. The van der Waals surface area contributed by atoms with Crippen molar-refractivity contribution in [2.75, 3.05) is 37.7 Å². The minimum Gasteiger partial charge on any atom is -0.452 e. The first kappa shape index (κ1) is 23.6. The number of piperazine rings is 1. The van der Waals surface area contributed by atoms with Crippen molar-refractivity contribution >= 4 is 35.1 Å². The number of halogens is 1. The van der Waals surface area contributed by atoms with Gasteiger partial charge in [0.05, 0.1) is 10.6 Å². The van der Waals surface area contributed by atoms with E-state index in [2.05, 4.69) is 0 Å². The fourth-order valence-corrected chi connectivity index (χ4v) is 3.36. The molecule has 172 valence electrons. The van der Waals surface area contributed by atoms with Crippen LogP contribution in [0.5, 0.6) is 0 Å². The average Bonchev–Trinajstić information content (AvgIpc) is 2.81. The Labute approximate surface area is 189 Å². The first-order valence-electron chi connectivity index (χ1n) is 10.2. The molecule has 0 radical (unpaired) electrons. The second-order valence-electron chi connectivity index (χ2n) is 7.38. The summed E-state index contributed by atoms with van der Waals surface area (Å²) < 4.78 is 19.3. The lowest BCUT2D eigenvalue weighted by molar-refractivity contribution is -0.384. The van der Waals surface area contributed by atoms with Crippen molar-refractivity contribution in [1.29, 1.82) is 0 Å². The van der Waals surface area contributed by atoms with E-state index in [0.29, 0.717) is 43.0 Å². The minimum atomic E-state index is -0.749. The number of nitro benzene ring substituents is 1. The van der Waals surface area contributed by atoms with E-state index in [1.807, 2.05) is 0 Å². The van der Waals surface area contributed by atoms with Crippen molar-refractivity contribution in [2.24, 2.45) is 0 Å². The second kappa shape index (κ2) is 10.5. The van der Waals surface area contributed by atoms with E-state index in [4.69, 9.17) is 4.74 Å². The number of esters is 1. The van der Waals surface area contributed by atoms with Crippen LogP contribution in [-0.4, -0.2) is 60.3 Å². The van der Waals surface area contributed by atoms with Crippen molar-refractivity contribution in [1.82, 2.24) is 4.90 Å². The number of amides is 1. The zero-order chi connectivity index (χ0) is 24.0. The lowest BCUT2D eigenvalue weighted by Gasteiger charge is -2.36. The molecule has 0 N–H and O–H groups in total. The summed E-state index contributed by atoms with van der Waals surface area (Å²) in [6, 6.07) is 10.1. The molecule has 3 rings (SSSR count). The van der Waals surface area contributed by atoms with Crippen LogP contribution in [0.2, 0.25) is 0 Å². The molecule has 0 spiro atoms. The molecule has 0 aromatic heterocycles. The highest BCUT2D eigenvalue weighted by atomic mass is 19.1. The number of benzene rings is 2. The third-order valence-electron chi connectivity index (χ3n) is 5.16. The number of Topliss-reactive ketones (excluding diaryl/α,β-unsaturated/α-hetero) is 1. The molecule has 10 heteroatoms. The highest BCUT2D eigenvalue weighted by Crippen LogP contribution is 2.22. The Morgan fingerprint density at radius 3 is 2.48 bits per heavy atom. The van der Waals surface area contributed by atoms with Crippen molar-refractivity contribution in [3.8, 4) is 0 Å². The van der Waals surface area contributed by atoms with Crippen molar-refractivity contribution in [2.45, 2.75) is 6.92 Å². The monoisotopic (exact) mass is 455 g/mol. The van der Waals surface area contributed by atoms with E-state index in [-0.39, 0.29) is 17.4 Å². The van der Waals surface area contributed by atoms with Crippen molar-refractivity contribution < 1.29 is 28.4 Å². The summed E-state index contributed by atoms with van der Waals surface area (Å²) in [7, 11) is 0. The van der Waals surface area contributed by atoms with Gasteiger partial charge >= 0.3 is 5.97 Å². The van der Waals surface area contributed by atoms with E-state index in [0.717, 1.165) is 6.08 Å². The van der Waals surface area contributed by atoms with Crippen LogP contribution < -0.4 is 4.90 Å². The Bertz CT molecular complexity index is 1110. The standard InChI is InChI=1S/C23H22FN3O6/c1-16(28)18-6-7-21(20(24)14-18)25-9-11-26(12-10-25)22(29)15-33-23(30)8-5-17-3-2-4-19(13-17)27(31)32/h2-8,13-14H,9-12,15H2,1H3/b8-5+. The van der Waals surface area contributed by atoms with Gasteiger partial charge in [0.1, 0.15) is 5.82 Å². The molecule has 2 aromatic carbocycles. The third kappa shape index (κ3) is 6.22. The summed E-state index contributed by atoms with van der Waals surface area (Å²) in [6.45, 7) is 2.36. The van der Waals surface area contributed by atoms with Gasteiger partial charge in [-0.25, -0.2) is 9.18 Å². The summed E-state index contributed by atoms with van der Waals surface area (Å²) in [5.41, 5.74) is 1.01.